The van der Waals surface area contributed by atoms with Gasteiger partial charge in [-0.3, -0.25) is 4.79 Å². The SMILES string of the molecule is CC.O=C1OCC2C3CCC(C3)C12. The van der Waals surface area contributed by atoms with Crippen LogP contribution < -0.4 is 0 Å². The molecule has 13 heavy (non-hydrogen) atoms. The quantitative estimate of drug-likeness (QED) is 0.537. The maximum absolute atomic E-state index is 11.2. The molecule has 3 rings (SSSR count). The van der Waals surface area contributed by atoms with E-state index in [1.54, 1.807) is 0 Å². The molecule has 2 bridgehead atoms. The number of carbonyl (C=O) groups excluding carboxylic acids is 1. The van der Waals surface area contributed by atoms with Crippen molar-refractivity contribution in [2.75, 3.05) is 6.61 Å². The third-order valence-corrected chi connectivity index (χ3v) is 3.78. The van der Waals surface area contributed by atoms with Crippen molar-refractivity contribution in [2.24, 2.45) is 23.7 Å². The summed E-state index contributed by atoms with van der Waals surface area (Å²) in [7, 11) is 0. The van der Waals surface area contributed by atoms with Gasteiger partial charge in [-0.05, 0) is 31.1 Å². The van der Waals surface area contributed by atoms with Crippen molar-refractivity contribution in [3.63, 3.8) is 0 Å². The van der Waals surface area contributed by atoms with E-state index in [0.29, 0.717) is 17.8 Å². The van der Waals surface area contributed by atoms with Crippen LogP contribution in [0.4, 0.5) is 0 Å². The number of rotatable bonds is 0. The maximum atomic E-state index is 11.2. The second-order valence-corrected chi connectivity index (χ2v) is 4.15. The maximum Gasteiger partial charge on any atom is 0.309 e. The fourth-order valence-corrected chi connectivity index (χ4v) is 3.29. The number of fused-ring (bicyclic) bond motifs is 5. The summed E-state index contributed by atoms with van der Waals surface area (Å²) in [5.41, 5.74) is 0. The van der Waals surface area contributed by atoms with Crippen LogP contribution in [0.5, 0.6) is 0 Å². The minimum absolute atomic E-state index is 0.0993. The molecule has 1 aliphatic heterocycles. The summed E-state index contributed by atoms with van der Waals surface area (Å²) in [5.74, 6) is 2.55. The minimum Gasteiger partial charge on any atom is -0.465 e. The average Bonchev–Trinajstić information content (AvgIpc) is 2.81. The molecule has 0 N–H and O–H groups in total. The summed E-state index contributed by atoms with van der Waals surface area (Å²) in [4.78, 5) is 11.2. The highest BCUT2D eigenvalue weighted by Gasteiger charge is 2.54. The van der Waals surface area contributed by atoms with Crippen LogP contribution in [0.2, 0.25) is 0 Å². The predicted molar refractivity (Wildman–Crippen MR) is 50.1 cm³/mol. The lowest BCUT2D eigenvalue weighted by Gasteiger charge is -2.19. The molecule has 2 saturated carbocycles. The van der Waals surface area contributed by atoms with Crippen molar-refractivity contribution < 1.29 is 9.53 Å². The summed E-state index contributed by atoms with van der Waals surface area (Å²) in [6.45, 7) is 4.73. The zero-order valence-corrected chi connectivity index (χ0v) is 8.45. The van der Waals surface area contributed by atoms with Crippen LogP contribution in [0.1, 0.15) is 33.1 Å². The Morgan fingerprint density at radius 2 is 1.92 bits per heavy atom. The van der Waals surface area contributed by atoms with Gasteiger partial charge in [0.05, 0.1) is 12.5 Å². The lowest BCUT2D eigenvalue weighted by molar-refractivity contribution is -0.142. The Bertz CT molecular complexity index is 212. The van der Waals surface area contributed by atoms with Crippen LogP contribution in [0.3, 0.4) is 0 Å². The molecule has 2 aliphatic carbocycles. The van der Waals surface area contributed by atoms with Crippen LogP contribution in [0.25, 0.3) is 0 Å². The fourth-order valence-electron chi connectivity index (χ4n) is 3.29. The highest BCUT2D eigenvalue weighted by molar-refractivity contribution is 5.75. The largest absolute Gasteiger partial charge is 0.465 e. The molecule has 0 amide bonds. The molecular weight excluding hydrogens is 164 g/mol. The number of esters is 1. The van der Waals surface area contributed by atoms with E-state index >= 15 is 0 Å². The van der Waals surface area contributed by atoms with E-state index in [-0.39, 0.29) is 5.97 Å². The van der Waals surface area contributed by atoms with E-state index in [1.165, 1.54) is 19.3 Å². The first-order valence-corrected chi connectivity index (χ1v) is 5.53. The van der Waals surface area contributed by atoms with Gasteiger partial charge in [-0.2, -0.15) is 0 Å². The van der Waals surface area contributed by atoms with E-state index in [4.69, 9.17) is 4.74 Å². The van der Waals surface area contributed by atoms with Crippen molar-refractivity contribution in [3.05, 3.63) is 0 Å². The molecule has 3 fully saturated rings. The van der Waals surface area contributed by atoms with E-state index < -0.39 is 0 Å². The molecule has 0 spiro atoms. The monoisotopic (exact) mass is 182 g/mol. The Hall–Kier alpha value is -0.530. The smallest absolute Gasteiger partial charge is 0.309 e. The van der Waals surface area contributed by atoms with Gasteiger partial charge in [0, 0.05) is 5.92 Å². The molecule has 0 radical (unpaired) electrons. The van der Waals surface area contributed by atoms with Gasteiger partial charge < -0.3 is 4.74 Å². The summed E-state index contributed by atoms with van der Waals surface area (Å²) in [6, 6.07) is 0. The molecule has 2 nitrogen and oxygen atoms in total. The summed E-state index contributed by atoms with van der Waals surface area (Å²) in [6.07, 6.45) is 3.94. The topological polar surface area (TPSA) is 26.3 Å². The molecule has 0 aromatic rings. The van der Waals surface area contributed by atoms with Gasteiger partial charge in [0.1, 0.15) is 0 Å². The van der Waals surface area contributed by atoms with Gasteiger partial charge in [-0.25, -0.2) is 0 Å². The van der Waals surface area contributed by atoms with Crippen molar-refractivity contribution in [3.8, 4) is 0 Å². The molecule has 3 aliphatic rings. The number of hydrogen-bond acceptors (Lipinski definition) is 2. The summed E-state index contributed by atoms with van der Waals surface area (Å²) >= 11 is 0. The van der Waals surface area contributed by atoms with Crippen LogP contribution in [0, 0.1) is 23.7 Å². The normalized spacial score (nSPS) is 45.2. The Balaban J connectivity index is 0.000000308. The predicted octanol–water partition coefficient (Wildman–Crippen LogP) is 2.23. The second kappa shape index (κ2) is 3.32. The molecule has 1 saturated heterocycles. The highest BCUT2D eigenvalue weighted by atomic mass is 16.5. The number of cyclic esters (lactones) is 1. The van der Waals surface area contributed by atoms with Crippen LogP contribution in [-0.2, 0) is 9.53 Å². The average molecular weight is 182 g/mol. The van der Waals surface area contributed by atoms with E-state index in [9.17, 15) is 4.79 Å². The van der Waals surface area contributed by atoms with Gasteiger partial charge in [0.25, 0.3) is 0 Å². The van der Waals surface area contributed by atoms with Crippen molar-refractivity contribution in [1.82, 2.24) is 0 Å². The first-order chi connectivity index (χ1) is 6.36. The molecule has 4 atom stereocenters. The zero-order valence-electron chi connectivity index (χ0n) is 8.45. The first-order valence-electron chi connectivity index (χ1n) is 5.53. The van der Waals surface area contributed by atoms with Crippen LogP contribution in [0.15, 0.2) is 0 Å². The standard InChI is InChI=1S/C9H12O2.C2H6/c10-9-8-6-2-1-5(3-6)7(8)4-11-9;1-2/h5-8H,1-4H2;1-2H3. The van der Waals surface area contributed by atoms with Gasteiger partial charge in [0.2, 0.25) is 0 Å². The number of hydrogen-bond donors (Lipinski definition) is 0. The third kappa shape index (κ3) is 1.18. The van der Waals surface area contributed by atoms with Crippen molar-refractivity contribution in [2.45, 2.75) is 33.1 Å². The number of ether oxygens (including phenoxy) is 1. The van der Waals surface area contributed by atoms with Gasteiger partial charge >= 0.3 is 5.97 Å². The lowest BCUT2D eigenvalue weighted by Crippen LogP contribution is -2.22. The fraction of sp³-hybridized carbons (Fsp3) is 0.909. The molecular formula is C11H18O2. The van der Waals surface area contributed by atoms with Crippen molar-refractivity contribution in [1.29, 1.82) is 0 Å². The highest BCUT2D eigenvalue weighted by Crippen LogP contribution is 2.54. The second-order valence-electron chi connectivity index (χ2n) is 4.15. The van der Waals surface area contributed by atoms with Gasteiger partial charge in [0.15, 0.2) is 0 Å². The molecule has 0 aromatic carbocycles. The molecule has 2 heteroatoms. The van der Waals surface area contributed by atoms with Crippen molar-refractivity contribution >= 4 is 5.97 Å². The Kier molecular flexibility index (Phi) is 2.31. The summed E-state index contributed by atoms with van der Waals surface area (Å²) in [5, 5.41) is 0. The van der Waals surface area contributed by atoms with E-state index in [1.807, 2.05) is 13.8 Å². The zero-order chi connectivity index (χ0) is 9.42. The molecule has 4 unspecified atom stereocenters. The van der Waals surface area contributed by atoms with E-state index in [2.05, 4.69) is 0 Å². The Morgan fingerprint density at radius 3 is 2.62 bits per heavy atom. The number of carbonyl (C=O) groups is 1. The Labute approximate surface area is 79.7 Å². The minimum atomic E-state index is 0.0993. The first kappa shape index (κ1) is 9.04. The molecule has 74 valence electrons. The van der Waals surface area contributed by atoms with Crippen LogP contribution >= 0.6 is 0 Å². The lowest BCUT2D eigenvalue weighted by atomic mass is 9.81. The van der Waals surface area contributed by atoms with E-state index in [0.717, 1.165) is 12.5 Å². The molecule has 0 aromatic heterocycles. The van der Waals surface area contributed by atoms with Gasteiger partial charge in [-0.15, -0.1) is 0 Å². The van der Waals surface area contributed by atoms with Gasteiger partial charge in [-0.1, -0.05) is 13.8 Å². The molecule has 1 heterocycles. The summed E-state index contributed by atoms with van der Waals surface area (Å²) < 4.78 is 5.06. The third-order valence-electron chi connectivity index (χ3n) is 3.78. The van der Waals surface area contributed by atoms with Crippen LogP contribution in [-0.4, -0.2) is 12.6 Å². The Morgan fingerprint density at radius 1 is 1.23 bits per heavy atom.